The van der Waals surface area contributed by atoms with Gasteiger partial charge < -0.3 is 16.0 Å². The van der Waals surface area contributed by atoms with E-state index in [-0.39, 0.29) is 5.82 Å². The molecule has 0 spiro atoms. The molecule has 0 radical (unpaired) electrons. The van der Waals surface area contributed by atoms with Gasteiger partial charge in [-0.2, -0.15) is 0 Å². The topological polar surface area (TPSA) is 66.0 Å². The Kier molecular flexibility index (Phi) is 8.59. The largest absolute Gasteiger partial charge is 0.386 e. The van der Waals surface area contributed by atoms with Crippen LogP contribution in [0.15, 0.2) is 70.8 Å². The van der Waals surface area contributed by atoms with E-state index in [1.54, 1.807) is 25.4 Å². The van der Waals surface area contributed by atoms with Crippen LogP contribution >= 0.6 is 0 Å². The number of rotatable bonds is 10. The molecular formula is C24H32FN5. The van der Waals surface area contributed by atoms with Gasteiger partial charge in [-0.3, -0.25) is 4.99 Å². The fraction of sp³-hybridized carbons (Fsp3) is 0.333. The molecule has 1 saturated heterocycles. The smallest absolute Gasteiger partial charge is 0.134 e. The van der Waals surface area contributed by atoms with E-state index < -0.39 is 0 Å². The van der Waals surface area contributed by atoms with Crippen molar-refractivity contribution in [3.05, 3.63) is 77.8 Å². The Labute approximate surface area is 179 Å². The third-order valence-corrected chi connectivity index (χ3v) is 4.92. The molecule has 2 rings (SSSR count). The zero-order valence-electron chi connectivity index (χ0n) is 18.2. The van der Waals surface area contributed by atoms with Crippen molar-refractivity contribution in [1.82, 2.24) is 10.2 Å². The Morgan fingerprint density at radius 3 is 2.70 bits per heavy atom. The van der Waals surface area contributed by atoms with E-state index in [0.717, 1.165) is 30.9 Å². The molecule has 6 heteroatoms. The number of halogens is 1. The molecule has 0 aromatic heterocycles. The van der Waals surface area contributed by atoms with Crippen LogP contribution in [0.5, 0.6) is 0 Å². The third-order valence-electron chi connectivity index (χ3n) is 4.92. The second-order valence-corrected chi connectivity index (χ2v) is 7.14. The van der Waals surface area contributed by atoms with Gasteiger partial charge in [-0.1, -0.05) is 44.4 Å². The van der Waals surface area contributed by atoms with Gasteiger partial charge >= 0.3 is 0 Å². The number of allylic oxidation sites excluding steroid dienone is 4. The molecular weight excluding hydrogens is 377 g/mol. The molecule has 0 amide bonds. The van der Waals surface area contributed by atoms with Crippen LogP contribution < -0.4 is 11.1 Å². The number of aryl methyl sites for hydroxylation is 1. The van der Waals surface area contributed by atoms with Crippen LogP contribution in [0.3, 0.4) is 0 Å². The van der Waals surface area contributed by atoms with Gasteiger partial charge in [-0.05, 0) is 43.4 Å². The highest BCUT2D eigenvalue weighted by atomic mass is 19.1. The minimum absolute atomic E-state index is 0.239. The summed E-state index contributed by atoms with van der Waals surface area (Å²) in [4.78, 5) is 10.6. The summed E-state index contributed by atoms with van der Waals surface area (Å²) in [5, 5.41) is 3.05. The van der Waals surface area contributed by atoms with Crippen LogP contribution in [0.2, 0.25) is 0 Å². The molecule has 160 valence electrons. The van der Waals surface area contributed by atoms with Gasteiger partial charge in [0.15, 0.2) is 0 Å². The average molecular weight is 410 g/mol. The molecule has 1 fully saturated rings. The zero-order chi connectivity index (χ0) is 22.1. The number of aliphatic imine (C=N–C) groups is 2. The lowest BCUT2D eigenvalue weighted by Gasteiger charge is -2.33. The van der Waals surface area contributed by atoms with Crippen molar-refractivity contribution in [2.24, 2.45) is 15.7 Å². The fourth-order valence-corrected chi connectivity index (χ4v) is 3.06. The molecule has 1 aliphatic rings. The molecule has 0 aliphatic carbocycles. The average Bonchev–Trinajstić information content (AvgIpc) is 2.68. The maximum absolute atomic E-state index is 15.2. The fourth-order valence-electron chi connectivity index (χ4n) is 3.06. The lowest BCUT2D eigenvalue weighted by molar-refractivity contribution is 0.384. The summed E-state index contributed by atoms with van der Waals surface area (Å²) >= 11 is 0. The number of nitrogens with two attached hydrogens (primary N) is 1. The van der Waals surface area contributed by atoms with Crippen molar-refractivity contribution in [2.45, 2.75) is 33.1 Å². The minimum Gasteiger partial charge on any atom is -0.386 e. The quantitative estimate of drug-likeness (QED) is 0.563. The summed E-state index contributed by atoms with van der Waals surface area (Å²) < 4.78 is 15.2. The van der Waals surface area contributed by atoms with E-state index in [9.17, 15) is 0 Å². The van der Waals surface area contributed by atoms with Crippen molar-refractivity contribution < 1.29 is 4.39 Å². The van der Waals surface area contributed by atoms with Gasteiger partial charge in [-0.25, -0.2) is 9.38 Å². The van der Waals surface area contributed by atoms with Crippen molar-refractivity contribution in [3.8, 4) is 0 Å². The van der Waals surface area contributed by atoms with Gasteiger partial charge in [0, 0.05) is 24.5 Å². The molecule has 30 heavy (non-hydrogen) atoms. The summed E-state index contributed by atoms with van der Waals surface area (Å²) in [6.45, 7) is 13.3. The van der Waals surface area contributed by atoms with Crippen molar-refractivity contribution in [2.75, 3.05) is 20.1 Å². The number of nitrogens with one attached hydrogen (secondary N) is 1. The predicted molar refractivity (Wildman–Crippen MR) is 126 cm³/mol. The van der Waals surface area contributed by atoms with Crippen LogP contribution in [-0.4, -0.2) is 37.0 Å². The SMILES string of the molecule is C=C(CCc1cccc(/C(C=NC(=C)N2CC(=NC)C2)=C/C)c1F)N/C(N)=C\CC. The standard InChI is InChI=1S/C24H32FN5/c1-6-9-23(26)29-17(3)12-13-20-10-8-11-22(24(20)25)19(7-2)14-28-18(4)30-15-21(16-30)27-5/h7-11,14,29H,3-4,6,12-13,15-16,26H2,1-2,5H3/b19-7+,23-9-,28-14?. The Morgan fingerprint density at radius 2 is 2.07 bits per heavy atom. The van der Waals surface area contributed by atoms with Crippen LogP contribution in [0, 0.1) is 5.82 Å². The van der Waals surface area contributed by atoms with Crippen molar-refractivity contribution >= 4 is 17.5 Å². The number of benzene rings is 1. The molecule has 1 aromatic carbocycles. The Balaban J connectivity index is 2.05. The highest BCUT2D eigenvalue weighted by Crippen LogP contribution is 2.22. The maximum atomic E-state index is 15.2. The molecule has 1 aliphatic heterocycles. The lowest BCUT2D eigenvalue weighted by atomic mass is 9.99. The molecule has 3 N–H and O–H groups in total. The number of nitrogens with zero attached hydrogens (tertiary/aromatic N) is 3. The Hall–Kier alpha value is -3.15. The molecule has 0 bridgehead atoms. The van der Waals surface area contributed by atoms with E-state index in [2.05, 4.69) is 28.5 Å². The van der Waals surface area contributed by atoms with Crippen molar-refractivity contribution in [3.63, 3.8) is 0 Å². The monoisotopic (exact) mass is 409 g/mol. The highest BCUT2D eigenvalue weighted by molar-refractivity contribution is 6.10. The molecule has 5 nitrogen and oxygen atoms in total. The first-order chi connectivity index (χ1) is 14.4. The lowest BCUT2D eigenvalue weighted by Crippen LogP contribution is -2.45. The first kappa shape index (κ1) is 23.1. The molecule has 1 aromatic rings. The molecule has 0 atom stereocenters. The number of likely N-dealkylation sites (tertiary alicyclic amines) is 1. The van der Waals surface area contributed by atoms with Crippen LogP contribution in [0.25, 0.3) is 5.57 Å². The zero-order valence-corrected chi connectivity index (χ0v) is 18.2. The summed E-state index contributed by atoms with van der Waals surface area (Å²) in [5.74, 6) is 0.985. The Bertz CT molecular complexity index is 900. The normalized spacial score (nSPS) is 14.7. The Morgan fingerprint density at radius 1 is 1.33 bits per heavy atom. The van der Waals surface area contributed by atoms with Gasteiger partial charge in [0.05, 0.1) is 24.6 Å². The second-order valence-electron chi connectivity index (χ2n) is 7.14. The van der Waals surface area contributed by atoms with E-state index in [1.165, 1.54) is 0 Å². The summed E-state index contributed by atoms with van der Waals surface area (Å²) in [5.41, 5.74) is 9.60. The highest BCUT2D eigenvalue weighted by Gasteiger charge is 2.21. The van der Waals surface area contributed by atoms with E-state index in [0.29, 0.717) is 41.2 Å². The summed E-state index contributed by atoms with van der Waals surface area (Å²) in [6.07, 6.45) is 7.36. The first-order valence-electron chi connectivity index (χ1n) is 10.2. The number of hydrogen-bond acceptors (Lipinski definition) is 5. The molecule has 1 heterocycles. The van der Waals surface area contributed by atoms with Crippen LogP contribution in [-0.2, 0) is 6.42 Å². The van der Waals surface area contributed by atoms with Crippen LogP contribution in [0.4, 0.5) is 4.39 Å². The van der Waals surface area contributed by atoms with E-state index >= 15 is 4.39 Å². The van der Waals surface area contributed by atoms with Gasteiger partial charge in [0.25, 0.3) is 0 Å². The van der Waals surface area contributed by atoms with Crippen LogP contribution in [0.1, 0.15) is 37.8 Å². The van der Waals surface area contributed by atoms with E-state index in [4.69, 9.17) is 5.73 Å². The first-order valence-corrected chi connectivity index (χ1v) is 10.2. The van der Waals surface area contributed by atoms with E-state index in [1.807, 2.05) is 37.0 Å². The number of hydrogen-bond donors (Lipinski definition) is 2. The predicted octanol–water partition coefficient (Wildman–Crippen LogP) is 4.40. The van der Waals surface area contributed by atoms with Gasteiger partial charge in [0.2, 0.25) is 0 Å². The molecule has 0 unspecified atom stereocenters. The maximum Gasteiger partial charge on any atom is 0.134 e. The summed E-state index contributed by atoms with van der Waals surface area (Å²) in [6, 6.07) is 5.43. The van der Waals surface area contributed by atoms with Crippen molar-refractivity contribution in [1.29, 1.82) is 0 Å². The minimum atomic E-state index is -0.239. The third kappa shape index (κ3) is 6.17. The van der Waals surface area contributed by atoms with Gasteiger partial charge in [0.1, 0.15) is 11.6 Å². The summed E-state index contributed by atoms with van der Waals surface area (Å²) in [7, 11) is 1.79. The van der Waals surface area contributed by atoms with Gasteiger partial charge in [-0.15, -0.1) is 0 Å². The molecule has 0 saturated carbocycles. The second kappa shape index (κ2) is 11.1.